The molecule has 2 N–H and O–H groups in total. The average molecular weight is 523 g/mol. The molecule has 0 aliphatic carbocycles. The second-order valence-electron chi connectivity index (χ2n) is 8.86. The van der Waals surface area contributed by atoms with Crippen molar-refractivity contribution in [3.8, 4) is 22.6 Å². The Bertz CT molecular complexity index is 1760. The summed E-state index contributed by atoms with van der Waals surface area (Å²) in [7, 11) is 1.53. The van der Waals surface area contributed by atoms with Crippen LogP contribution in [0.4, 0.5) is 4.39 Å². The van der Waals surface area contributed by atoms with E-state index in [1.54, 1.807) is 49.5 Å². The van der Waals surface area contributed by atoms with Crippen LogP contribution in [-0.2, 0) is 6.42 Å². The van der Waals surface area contributed by atoms with Crippen LogP contribution in [0.3, 0.4) is 0 Å². The van der Waals surface area contributed by atoms with Gasteiger partial charge in [0.15, 0.2) is 11.2 Å². The summed E-state index contributed by atoms with van der Waals surface area (Å²) in [5.41, 5.74) is 2.60. The number of ether oxygens (including phenoxy) is 1. The number of aryl methyl sites for hydroxylation is 1. The van der Waals surface area contributed by atoms with E-state index in [4.69, 9.17) is 4.74 Å². The molecule has 0 aliphatic heterocycles. The predicted octanol–water partition coefficient (Wildman–Crippen LogP) is 5.01. The number of Topliss-reactive ketones (excluding diaryl/α,β-unsaturated/α-hetero) is 1. The highest BCUT2D eigenvalue weighted by Gasteiger charge is 2.17. The number of amides is 1. The number of ketones is 1. The first-order chi connectivity index (χ1) is 18.8. The van der Waals surface area contributed by atoms with Crippen LogP contribution in [0.2, 0.25) is 0 Å². The fourth-order valence-corrected chi connectivity index (χ4v) is 4.24. The van der Waals surface area contributed by atoms with Gasteiger partial charge in [-0.3, -0.25) is 19.4 Å². The lowest BCUT2D eigenvalue weighted by atomic mass is 9.98. The van der Waals surface area contributed by atoms with E-state index in [-0.39, 0.29) is 29.4 Å². The molecule has 0 saturated carbocycles. The molecule has 0 atom stereocenters. The summed E-state index contributed by atoms with van der Waals surface area (Å²) in [6.07, 6.45) is 4.52. The van der Waals surface area contributed by atoms with Crippen molar-refractivity contribution in [1.29, 1.82) is 0 Å². The van der Waals surface area contributed by atoms with Crippen molar-refractivity contribution in [1.82, 2.24) is 20.3 Å². The van der Waals surface area contributed by atoms with Crippen LogP contribution in [0.1, 0.15) is 32.1 Å². The topological polar surface area (TPSA) is 114 Å². The number of nitrogens with one attached hydrogen (secondary N) is 2. The van der Waals surface area contributed by atoms with Crippen molar-refractivity contribution in [2.75, 3.05) is 7.05 Å². The van der Waals surface area contributed by atoms with Gasteiger partial charge in [0, 0.05) is 42.5 Å². The van der Waals surface area contributed by atoms with Gasteiger partial charge >= 0.3 is 0 Å². The van der Waals surface area contributed by atoms with Gasteiger partial charge in [0.2, 0.25) is 0 Å². The molecule has 5 rings (SSSR count). The van der Waals surface area contributed by atoms with Crippen LogP contribution in [0.25, 0.3) is 22.0 Å². The van der Waals surface area contributed by atoms with E-state index in [0.29, 0.717) is 44.8 Å². The fraction of sp³-hybridized carbons (Fsp3) is 0.100. The first kappa shape index (κ1) is 25.5. The molecule has 3 heterocycles. The van der Waals surface area contributed by atoms with Crippen LogP contribution in [0, 0.1) is 12.7 Å². The van der Waals surface area contributed by atoms with Crippen molar-refractivity contribution in [2.24, 2.45) is 0 Å². The Kier molecular flexibility index (Phi) is 6.96. The maximum atomic E-state index is 13.4. The van der Waals surface area contributed by atoms with Gasteiger partial charge in [0.25, 0.3) is 5.91 Å². The SMILES string of the molecule is CNC(=O)c1cc2c(Oc3ccc(CC(=O)c4c[nH]c(C)c(-c5ccc(F)cc5)c4=O)cc3)ccnc2cn1. The van der Waals surface area contributed by atoms with Crippen molar-refractivity contribution in [3.63, 3.8) is 0 Å². The van der Waals surface area contributed by atoms with E-state index in [2.05, 4.69) is 20.3 Å². The number of carbonyl (C=O) groups is 2. The Hall–Kier alpha value is -5.18. The maximum Gasteiger partial charge on any atom is 0.269 e. The number of H-pyrrole nitrogens is 1. The van der Waals surface area contributed by atoms with Crippen LogP contribution in [0.5, 0.6) is 11.5 Å². The molecule has 0 saturated heterocycles. The average Bonchev–Trinajstić information content (AvgIpc) is 2.94. The standard InChI is InChI=1S/C30H23FN4O4/c1-17-28(19-5-7-20(31)8-6-19)29(37)23(15-34-17)26(36)13-18-3-9-21(10-4-18)39-27-11-12-33-25-16-35-24(14-22(25)27)30(38)32-2/h3-12,14-16H,13H2,1-2H3,(H,32,38)(H,34,37). The lowest BCUT2D eigenvalue weighted by Gasteiger charge is -2.10. The molecule has 0 fully saturated rings. The first-order valence-corrected chi connectivity index (χ1v) is 12.1. The largest absolute Gasteiger partial charge is 0.457 e. The van der Waals surface area contributed by atoms with Crippen molar-refractivity contribution in [3.05, 3.63) is 118 Å². The molecule has 5 aromatic rings. The lowest BCUT2D eigenvalue weighted by Crippen LogP contribution is -2.20. The molecule has 0 unspecified atom stereocenters. The first-order valence-electron chi connectivity index (χ1n) is 12.1. The van der Waals surface area contributed by atoms with Crippen LogP contribution >= 0.6 is 0 Å². The Morgan fingerprint density at radius 1 is 1.03 bits per heavy atom. The summed E-state index contributed by atoms with van der Waals surface area (Å²) in [5, 5.41) is 3.17. The van der Waals surface area contributed by atoms with E-state index in [1.807, 2.05) is 0 Å². The van der Waals surface area contributed by atoms with E-state index in [1.165, 1.54) is 43.7 Å². The Morgan fingerprint density at radius 2 is 1.77 bits per heavy atom. The second kappa shape index (κ2) is 10.7. The van der Waals surface area contributed by atoms with E-state index < -0.39 is 11.2 Å². The number of benzene rings is 2. The van der Waals surface area contributed by atoms with Crippen molar-refractivity contribution >= 4 is 22.6 Å². The number of aromatic amines is 1. The molecule has 9 heteroatoms. The second-order valence-corrected chi connectivity index (χ2v) is 8.86. The van der Waals surface area contributed by atoms with Gasteiger partial charge in [0.05, 0.1) is 17.3 Å². The van der Waals surface area contributed by atoms with Crippen LogP contribution in [0.15, 0.2) is 84.0 Å². The minimum absolute atomic E-state index is 0.00856. The number of rotatable bonds is 7. The monoisotopic (exact) mass is 522 g/mol. The molecule has 0 spiro atoms. The minimum Gasteiger partial charge on any atom is -0.457 e. The third-order valence-electron chi connectivity index (χ3n) is 6.28. The summed E-state index contributed by atoms with van der Waals surface area (Å²) < 4.78 is 19.4. The van der Waals surface area contributed by atoms with E-state index in [0.717, 1.165) is 0 Å². The Labute approximate surface area is 222 Å². The highest BCUT2D eigenvalue weighted by Crippen LogP contribution is 2.29. The molecular formula is C30H23FN4O4. The number of halogens is 1. The molecule has 8 nitrogen and oxygen atoms in total. The van der Waals surface area contributed by atoms with Gasteiger partial charge in [0.1, 0.15) is 23.0 Å². The zero-order valence-corrected chi connectivity index (χ0v) is 21.1. The number of hydrogen-bond acceptors (Lipinski definition) is 6. The number of carbonyl (C=O) groups excluding carboxylic acids is 2. The Balaban J connectivity index is 1.36. The summed E-state index contributed by atoms with van der Waals surface area (Å²) in [5.74, 6) is -0.0597. The highest BCUT2D eigenvalue weighted by atomic mass is 19.1. The van der Waals surface area contributed by atoms with Gasteiger partial charge in [-0.25, -0.2) is 9.37 Å². The smallest absolute Gasteiger partial charge is 0.269 e. The van der Waals surface area contributed by atoms with Gasteiger partial charge in [-0.05, 0) is 54.4 Å². The normalized spacial score (nSPS) is 10.8. The van der Waals surface area contributed by atoms with Gasteiger partial charge in [-0.1, -0.05) is 24.3 Å². The summed E-state index contributed by atoms with van der Waals surface area (Å²) in [4.78, 5) is 49.6. The summed E-state index contributed by atoms with van der Waals surface area (Å²) >= 11 is 0. The van der Waals surface area contributed by atoms with Crippen molar-refractivity contribution < 1.29 is 18.7 Å². The zero-order chi connectivity index (χ0) is 27.5. The summed E-state index contributed by atoms with van der Waals surface area (Å²) in [6, 6.07) is 15.8. The molecule has 1 amide bonds. The minimum atomic E-state index is -0.407. The molecule has 194 valence electrons. The molecule has 3 aromatic heterocycles. The molecule has 2 aromatic carbocycles. The molecule has 0 aliphatic rings. The quantitative estimate of drug-likeness (QED) is 0.291. The van der Waals surface area contributed by atoms with Gasteiger partial charge < -0.3 is 15.0 Å². The van der Waals surface area contributed by atoms with Crippen LogP contribution < -0.4 is 15.5 Å². The number of pyridine rings is 3. The molecule has 39 heavy (non-hydrogen) atoms. The number of nitrogens with zero attached hydrogens (tertiary/aromatic N) is 2. The molecule has 0 radical (unpaired) electrons. The van der Waals surface area contributed by atoms with Crippen LogP contribution in [-0.4, -0.2) is 33.7 Å². The molecule has 0 bridgehead atoms. The third-order valence-corrected chi connectivity index (χ3v) is 6.28. The van der Waals surface area contributed by atoms with E-state index in [9.17, 15) is 18.8 Å². The number of aromatic nitrogens is 3. The summed E-state index contributed by atoms with van der Waals surface area (Å²) in [6.45, 7) is 1.73. The highest BCUT2D eigenvalue weighted by molar-refractivity contribution is 5.98. The zero-order valence-electron chi connectivity index (χ0n) is 21.1. The Morgan fingerprint density at radius 3 is 2.49 bits per heavy atom. The number of fused-ring (bicyclic) bond motifs is 1. The maximum absolute atomic E-state index is 13.4. The molecular weight excluding hydrogens is 499 g/mol. The van der Waals surface area contributed by atoms with E-state index >= 15 is 0 Å². The lowest BCUT2D eigenvalue weighted by molar-refractivity contribution is 0.0956. The van der Waals surface area contributed by atoms with Crippen molar-refractivity contribution in [2.45, 2.75) is 13.3 Å². The fourth-order valence-electron chi connectivity index (χ4n) is 4.24. The number of hydrogen-bond donors (Lipinski definition) is 2. The third kappa shape index (κ3) is 5.28. The van der Waals surface area contributed by atoms with Gasteiger partial charge in [-0.15, -0.1) is 0 Å². The van der Waals surface area contributed by atoms with Gasteiger partial charge in [-0.2, -0.15) is 0 Å². The predicted molar refractivity (Wildman–Crippen MR) is 145 cm³/mol.